The number of nitrogens with zero attached hydrogens (tertiary/aromatic N) is 1. The topological polar surface area (TPSA) is 93.2 Å². The summed E-state index contributed by atoms with van der Waals surface area (Å²) in [6.07, 6.45) is 0.511. The van der Waals surface area contributed by atoms with E-state index in [9.17, 15) is 16.8 Å². The third-order valence-electron chi connectivity index (χ3n) is 4.39. The highest BCUT2D eigenvalue weighted by atomic mass is 32.2. The van der Waals surface area contributed by atoms with Crippen molar-refractivity contribution in [3.8, 4) is 0 Å². The highest BCUT2D eigenvalue weighted by molar-refractivity contribution is 7.93. The van der Waals surface area contributed by atoms with Crippen LogP contribution in [0, 0.1) is 0 Å². The summed E-state index contributed by atoms with van der Waals surface area (Å²) < 4.78 is 53.2. The van der Waals surface area contributed by atoms with Crippen LogP contribution in [-0.4, -0.2) is 27.6 Å². The molecular formula is C20H24N2O4S3. The minimum Gasteiger partial charge on any atom is -0.280 e. The van der Waals surface area contributed by atoms with Gasteiger partial charge >= 0.3 is 0 Å². The maximum absolute atomic E-state index is 12.7. The van der Waals surface area contributed by atoms with E-state index in [1.165, 1.54) is 0 Å². The van der Waals surface area contributed by atoms with Crippen LogP contribution in [0.15, 0.2) is 51.7 Å². The second-order valence-electron chi connectivity index (χ2n) is 7.86. The van der Waals surface area contributed by atoms with Gasteiger partial charge in [0.1, 0.15) is 0 Å². The van der Waals surface area contributed by atoms with E-state index >= 15 is 0 Å². The second-order valence-corrected chi connectivity index (χ2v) is 12.9. The normalized spacial score (nSPS) is 13.0. The van der Waals surface area contributed by atoms with Crippen LogP contribution in [0.25, 0.3) is 10.2 Å². The van der Waals surface area contributed by atoms with Gasteiger partial charge in [0.05, 0.1) is 26.6 Å². The number of sulfonamides is 1. The first-order chi connectivity index (χ1) is 13.4. The number of hydrogen-bond acceptors (Lipinski definition) is 6. The van der Waals surface area contributed by atoms with Crippen molar-refractivity contribution in [1.29, 1.82) is 0 Å². The molecule has 0 aliphatic carbocycles. The Kier molecular flexibility index (Phi) is 5.77. The van der Waals surface area contributed by atoms with Crippen molar-refractivity contribution in [2.45, 2.75) is 48.8 Å². The number of hydrogen-bond donors (Lipinski definition) is 1. The van der Waals surface area contributed by atoms with E-state index in [0.29, 0.717) is 22.3 Å². The van der Waals surface area contributed by atoms with Gasteiger partial charge in [-0.1, -0.05) is 39.8 Å². The molecule has 0 atom stereocenters. The van der Waals surface area contributed by atoms with Gasteiger partial charge in [-0.25, -0.2) is 21.8 Å². The largest absolute Gasteiger partial charge is 0.280 e. The zero-order valence-corrected chi connectivity index (χ0v) is 19.2. The lowest BCUT2D eigenvalue weighted by Crippen LogP contribution is -2.14. The number of thiazole rings is 1. The van der Waals surface area contributed by atoms with Crippen LogP contribution in [0.1, 0.15) is 39.7 Å². The predicted octanol–water partition coefficient (Wildman–Crippen LogP) is 4.58. The van der Waals surface area contributed by atoms with Crippen LogP contribution in [0.2, 0.25) is 0 Å². The molecule has 9 heteroatoms. The molecule has 1 N–H and O–H groups in total. The van der Waals surface area contributed by atoms with Crippen molar-refractivity contribution in [2.24, 2.45) is 0 Å². The molecule has 156 valence electrons. The molecule has 0 spiro atoms. The molecule has 6 nitrogen and oxygen atoms in total. The standard InChI is InChI=1S/C20H24N2O4S3/c1-5-12-28(23,24)19-21-17-11-8-15(13-18(17)27-19)22-29(25,26)16-9-6-14(7-10-16)20(2,3)4/h6-11,13,22H,5,12H2,1-4H3. The minimum absolute atomic E-state index is 0.0386. The highest BCUT2D eigenvalue weighted by Crippen LogP contribution is 2.30. The summed E-state index contributed by atoms with van der Waals surface area (Å²) in [7, 11) is -7.17. The molecule has 1 heterocycles. The van der Waals surface area contributed by atoms with E-state index < -0.39 is 19.9 Å². The Morgan fingerprint density at radius 1 is 1.00 bits per heavy atom. The van der Waals surface area contributed by atoms with Crippen molar-refractivity contribution in [3.63, 3.8) is 0 Å². The van der Waals surface area contributed by atoms with Gasteiger partial charge < -0.3 is 0 Å². The van der Waals surface area contributed by atoms with Gasteiger partial charge in [-0.3, -0.25) is 4.72 Å². The van der Waals surface area contributed by atoms with Crippen LogP contribution in [0.4, 0.5) is 5.69 Å². The minimum atomic E-state index is -3.76. The third-order valence-corrected chi connectivity index (χ3v) is 9.18. The molecule has 0 radical (unpaired) electrons. The molecule has 0 fully saturated rings. The second kappa shape index (κ2) is 7.70. The van der Waals surface area contributed by atoms with Crippen molar-refractivity contribution in [2.75, 3.05) is 10.5 Å². The van der Waals surface area contributed by atoms with Gasteiger partial charge in [-0.05, 0) is 47.7 Å². The first-order valence-corrected chi connectivity index (χ1v) is 13.1. The lowest BCUT2D eigenvalue weighted by molar-refractivity contribution is 0.587. The SMILES string of the molecule is CCCS(=O)(=O)c1nc2ccc(NS(=O)(=O)c3ccc(C(C)(C)C)cc3)cc2s1. The lowest BCUT2D eigenvalue weighted by Gasteiger charge is -2.19. The van der Waals surface area contributed by atoms with E-state index in [1.807, 2.05) is 12.1 Å². The Balaban J connectivity index is 1.89. The van der Waals surface area contributed by atoms with Gasteiger partial charge in [-0.2, -0.15) is 0 Å². The average Bonchev–Trinajstić information content (AvgIpc) is 3.05. The molecule has 0 aliphatic heterocycles. The average molecular weight is 453 g/mol. The smallest absolute Gasteiger partial charge is 0.261 e. The number of rotatable bonds is 6. The Hall–Kier alpha value is -1.97. The van der Waals surface area contributed by atoms with E-state index in [0.717, 1.165) is 16.9 Å². The van der Waals surface area contributed by atoms with E-state index in [-0.39, 0.29) is 20.4 Å². The molecule has 0 aliphatic rings. The summed E-state index contributed by atoms with van der Waals surface area (Å²) >= 11 is 1.05. The summed E-state index contributed by atoms with van der Waals surface area (Å²) in [5, 5.41) is 0. The zero-order valence-electron chi connectivity index (χ0n) is 16.8. The predicted molar refractivity (Wildman–Crippen MR) is 118 cm³/mol. The van der Waals surface area contributed by atoms with Crippen molar-refractivity contribution < 1.29 is 16.8 Å². The lowest BCUT2D eigenvalue weighted by atomic mass is 9.87. The number of benzene rings is 2. The molecule has 3 aromatic rings. The van der Waals surface area contributed by atoms with Crippen molar-refractivity contribution >= 4 is 47.1 Å². The summed E-state index contributed by atoms with van der Waals surface area (Å²) in [4.78, 5) is 4.35. The molecule has 2 aromatic carbocycles. The first kappa shape index (κ1) is 21.7. The van der Waals surface area contributed by atoms with E-state index in [2.05, 4.69) is 30.5 Å². The number of nitrogens with one attached hydrogen (secondary N) is 1. The monoisotopic (exact) mass is 452 g/mol. The molecule has 1 aromatic heterocycles. The number of aromatic nitrogens is 1. The zero-order chi connectivity index (χ0) is 21.4. The van der Waals surface area contributed by atoms with Gasteiger partial charge in [0.25, 0.3) is 10.0 Å². The van der Waals surface area contributed by atoms with Gasteiger partial charge in [0.15, 0.2) is 0 Å². The Morgan fingerprint density at radius 2 is 1.66 bits per heavy atom. The Morgan fingerprint density at radius 3 is 2.24 bits per heavy atom. The molecule has 0 bridgehead atoms. The van der Waals surface area contributed by atoms with E-state index in [1.54, 1.807) is 37.3 Å². The summed E-state index contributed by atoms with van der Waals surface area (Å²) in [6, 6.07) is 11.6. The molecule has 29 heavy (non-hydrogen) atoms. The third kappa shape index (κ3) is 4.79. The van der Waals surface area contributed by atoms with Crippen molar-refractivity contribution in [1.82, 2.24) is 4.98 Å². The van der Waals surface area contributed by atoms with Crippen LogP contribution in [0.5, 0.6) is 0 Å². The molecule has 3 rings (SSSR count). The Bertz CT molecular complexity index is 1240. The molecule has 0 amide bonds. The first-order valence-electron chi connectivity index (χ1n) is 9.19. The van der Waals surface area contributed by atoms with Crippen LogP contribution >= 0.6 is 11.3 Å². The fourth-order valence-electron chi connectivity index (χ4n) is 2.80. The summed E-state index contributed by atoms with van der Waals surface area (Å²) in [5.74, 6) is 0.0386. The fourth-order valence-corrected chi connectivity index (χ4v) is 6.57. The molecule has 0 saturated heterocycles. The fraction of sp³-hybridized carbons (Fsp3) is 0.350. The van der Waals surface area contributed by atoms with Crippen molar-refractivity contribution in [3.05, 3.63) is 48.0 Å². The Labute approximate surface area is 176 Å². The van der Waals surface area contributed by atoms with Gasteiger partial charge in [0.2, 0.25) is 14.2 Å². The quantitative estimate of drug-likeness (QED) is 0.591. The van der Waals surface area contributed by atoms with Gasteiger partial charge in [0, 0.05) is 0 Å². The summed E-state index contributed by atoms with van der Waals surface area (Å²) in [6.45, 7) is 7.99. The maximum atomic E-state index is 12.7. The van der Waals surface area contributed by atoms with E-state index in [4.69, 9.17) is 0 Å². The number of anilines is 1. The van der Waals surface area contributed by atoms with Crippen LogP contribution in [0.3, 0.4) is 0 Å². The highest BCUT2D eigenvalue weighted by Gasteiger charge is 2.20. The summed E-state index contributed by atoms with van der Waals surface area (Å²) in [5.41, 5.74) is 1.87. The van der Waals surface area contributed by atoms with Gasteiger partial charge in [-0.15, -0.1) is 11.3 Å². The number of fused-ring (bicyclic) bond motifs is 1. The van der Waals surface area contributed by atoms with Crippen LogP contribution < -0.4 is 4.72 Å². The molecule has 0 unspecified atom stereocenters. The molecular weight excluding hydrogens is 428 g/mol. The van der Waals surface area contributed by atoms with Crippen LogP contribution in [-0.2, 0) is 25.3 Å². The molecule has 0 saturated carbocycles. The maximum Gasteiger partial charge on any atom is 0.261 e. The number of sulfone groups is 1.